The van der Waals surface area contributed by atoms with E-state index in [0.717, 1.165) is 19.5 Å². The van der Waals surface area contributed by atoms with Crippen molar-refractivity contribution in [3.8, 4) is 0 Å². The van der Waals surface area contributed by atoms with Gasteiger partial charge in [0.15, 0.2) is 6.04 Å². The van der Waals surface area contributed by atoms with E-state index in [-0.39, 0.29) is 12.6 Å². The van der Waals surface area contributed by atoms with Gasteiger partial charge in [0, 0.05) is 19.1 Å². The molecule has 2 rings (SSSR count). The van der Waals surface area contributed by atoms with Crippen molar-refractivity contribution in [2.75, 3.05) is 19.7 Å². The van der Waals surface area contributed by atoms with Gasteiger partial charge in [0.05, 0.1) is 6.04 Å². The predicted molar refractivity (Wildman–Crippen MR) is 59.7 cm³/mol. The fourth-order valence-corrected chi connectivity index (χ4v) is 2.49. The SMILES string of the molecule is CC(C)N1CCC(N2C(=O)OCC2C(=O)O)C1. The van der Waals surface area contributed by atoms with Crippen LogP contribution in [0.3, 0.4) is 0 Å². The lowest BCUT2D eigenvalue weighted by Gasteiger charge is -2.26. The first-order valence-electron chi connectivity index (χ1n) is 5.92. The number of carbonyl (C=O) groups excluding carboxylic acids is 1. The average molecular weight is 242 g/mol. The van der Waals surface area contributed by atoms with E-state index >= 15 is 0 Å². The quantitative estimate of drug-likeness (QED) is 0.774. The van der Waals surface area contributed by atoms with E-state index in [1.807, 2.05) is 0 Å². The van der Waals surface area contributed by atoms with Crippen molar-refractivity contribution >= 4 is 12.1 Å². The summed E-state index contributed by atoms with van der Waals surface area (Å²) in [6.07, 6.45) is 0.324. The zero-order valence-electron chi connectivity index (χ0n) is 10.1. The Morgan fingerprint density at radius 2 is 2.24 bits per heavy atom. The van der Waals surface area contributed by atoms with Crippen molar-refractivity contribution in [2.45, 2.75) is 38.4 Å². The van der Waals surface area contributed by atoms with Gasteiger partial charge in [0.2, 0.25) is 0 Å². The molecule has 0 bridgehead atoms. The van der Waals surface area contributed by atoms with Crippen molar-refractivity contribution in [3.05, 3.63) is 0 Å². The number of nitrogens with zero attached hydrogens (tertiary/aromatic N) is 2. The molecule has 17 heavy (non-hydrogen) atoms. The third-order valence-electron chi connectivity index (χ3n) is 3.51. The Hall–Kier alpha value is -1.30. The molecule has 0 radical (unpaired) electrons. The van der Waals surface area contributed by atoms with E-state index in [1.54, 1.807) is 0 Å². The Bertz CT molecular complexity index is 331. The summed E-state index contributed by atoms with van der Waals surface area (Å²) in [6.45, 7) is 5.79. The summed E-state index contributed by atoms with van der Waals surface area (Å²) in [4.78, 5) is 26.3. The van der Waals surface area contributed by atoms with Crippen LogP contribution in [0.5, 0.6) is 0 Å². The Balaban J connectivity index is 2.06. The predicted octanol–water partition coefficient (Wildman–Crippen LogP) is 0.374. The maximum atomic E-state index is 11.6. The highest BCUT2D eigenvalue weighted by molar-refractivity contribution is 5.83. The first kappa shape index (κ1) is 12.2. The van der Waals surface area contributed by atoms with Gasteiger partial charge in [-0.2, -0.15) is 0 Å². The fourth-order valence-electron chi connectivity index (χ4n) is 2.49. The number of ether oxygens (including phenoxy) is 1. The molecule has 2 saturated heterocycles. The summed E-state index contributed by atoms with van der Waals surface area (Å²) in [6, 6.07) is -0.435. The van der Waals surface area contributed by atoms with Crippen LogP contribution >= 0.6 is 0 Å². The van der Waals surface area contributed by atoms with Gasteiger partial charge in [-0.3, -0.25) is 9.80 Å². The molecule has 2 heterocycles. The van der Waals surface area contributed by atoms with Crippen molar-refractivity contribution in [1.29, 1.82) is 0 Å². The highest BCUT2D eigenvalue weighted by atomic mass is 16.6. The number of carbonyl (C=O) groups is 2. The summed E-state index contributed by atoms with van der Waals surface area (Å²) in [7, 11) is 0. The third kappa shape index (κ3) is 2.22. The molecule has 2 aliphatic heterocycles. The van der Waals surface area contributed by atoms with E-state index < -0.39 is 18.1 Å². The van der Waals surface area contributed by atoms with Crippen LogP contribution in [0.15, 0.2) is 0 Å². The molecule has 2 aliphatic rings. The monoisotopic (exact) mass is 242 g/mol. The number of carboxylic acid groups (broad SMARTS) is 1. The number of aliphatic carboxylic acids is 1. The molecular formula is C11H18N2O4. The second kappa shape index (κ2) is 4.52. The van der Waals surface area contributed by atoms with Crippen molar-refractivity contribution < 1.29 is 19.4 Å². The maximum Gasteiger partial charge on any atom is 0.411 e. The van der Waals surface area contributed by atoms with Crippen LogP contribution in [0.2, 0.25) is 0 Å². The van der Waals surface area contributed by atoms with Crippen LogP contribution in [-0.4, -0.2) is 64.8 Å². The Morgan fingerprint density at radius 3 is 2.76 bits per heavy atom. The summed E-state index contributed by atoms with van der Waals surface area (Å²) >= 11 is 0. The van der Waals surface area contributed by atoms with E-state index in [9.17, 15) is 9.59 Å². The molecule has 2 unspecified atom stereocenters. The topological polar surface area (TPSA) is 70.1 Å². The van der Waals surface area contributed by atoms with Crippen molar-refractivity contribution in [2.24, 2.45) is 0 Å². The average Bonchev–Trinajstić information content (AvgIpc) is 2.82. The van der Waals surface area contributed by atoms with Crippen LogP contribution < -0.4 is 0 Å². The number of hydrogen-bond acceptors (Lipinski definition) is 4. The van der Waals surface area contributed by atoms with Crippen LogP contribution in [0, 0.1) is 0 Å². The molecular weight excluding hydrogens is 224 g/mol. The molecule has 6 heteroatoms. The number of hydrogen-bond donors (Lipinski definition) is 1. The lowest BCUT2D eigenvalue weighted by atomic mass is 10.2. The van der Waals surface area contributed by atoms with Gasteiger partial charge in [-0.15, -0.1) is 0 Å². The molecule has 1 amide bonds. The summed E-state index contributed by atoms with van der Waals surface area (Å²) in [5, 5.41) is 9.05. The van der Waals surface area contributed by atoms with Gasteiger partial charge >= 0.3 is 12.1 Å². The molecule has 96 valence electrons. The molecule has 0 aromatic carbocycles. The zero-order valence-corrected chi connectivity index (χ0v) is 10.1. The number of carboxylic acids is 1. The molecule has 0 aromatic heterocycles. The lowest BCUT2D eigenvalue weighted by molar-refractivity contribution is -0.142. The van der Waals surface area contributed by atoms with E-state index in [1.165, 1.54) is 4.90 Å². The number of amides is 1. The van der Waals surface area contributed by atoms with Crippen LogP contribution in [-0.2, 0) is 9.53 Å². The molecule has 6 nitrogen and oxygen atoms in total. The molecule has 0 aromatic rings. The van der Waals surface area contributed by atoms with Gasteiger partial charge in [0.25, 0.3) is 0 Å². The second-order valence-corrected chi connectivity index (χ2v) is 4.87. The van der Waals surface area contributed by atoms with Gasteiger partial charge in [-0.05, 0) is 20.3 Å². The van der Waals surface area contributed by atoms with Crippen LogP contribution in [0.1, 0.15) is 20.3 Å². The molecule has 2 fully saturated rings. The van der Waals surface area contributed by atoms with E-state index in [2.05, 4.69) is 18.7 Å². The smallest absolute Gasteiger partial charge is 0.411 e. The summed E-state index contributed by atoms with van der Waals surface area (Å²) < 4.78 is 4.84. The van der Waals surface area contributed by atoms with Crippen molar-refractivity contribution in [3.63, 3.8) is 0 Å². The highest BCUT2D eigenvalue weighted by Crippen LogP contribution is 2.24. The van der Waals surface area contributed by atoms with Gasteiger partial charge in [-0.25, -0.2) is 9.59 Å². The van der Waals surface area contributed by atoms with Gasteiger partial charge in [-0.1, -0.05) is 0 Å². The minimum Gasteiger partial charge on any atom is -0.480 e. The van der Waals surface area contributed by atoms with Gasteiger partial charge < -0.3 is 9.84 Å². The number of likely N-dealkylation sites (tertiary alicyclic amines) is 1. The summed E-state index contributed by atoms with van der Waals surface area (Å²) in [5.41, 5.74) is 0. The Labute approximate surface area is 100 Å². The molecule has 1 N–H and O–H groups in total. The van der Waals surface area contributed by atoms with Gasteiger partial charge in [0.1, 0.15) is 6.61 Å². The zero-order chi connectivity index (χ0) is 12.6. The fraction of sp³-hybridized carbons (Fsp3) is 0.818. The van der Waals surface area contributed by atoms with Crippen LogP contribution in [0.25, 0.3) is 0 Å². The number of rotatable bonds is 3. The molecule has 0 aliphatic carbocycles. The largest absolute Gasteiger partial charge is 0.480 e. The van der Waals surface area contributed by atoms with E-state index in [0.29, 0.717) is 6.04 Å². The standard InChI is InChI=1S/C11H18N2O4/c1-7(2)12-4-3-8(5-12)13-9(10(14)15)6-17-11(13)16/h7-9H,3-6H2,1-2H3,(H,14,15). The molecule has 2 atom stereocenters. The number of cyclic esters (lactones) is 1. The van der Waals surface area contributed by atoms with E-state index in [4.69, 9.17) is 9.84 Å². The third-order valence-corrected chi connectivity index (χ3v) is 3.51. The lowest BCUT2D eigenvalue weighted by Crippen LogP contribution is -2.47. The molecule has 0 saturated carbocycles. The highest BCUT2D eigenvalue weighted by Gasteiger charge is 2.44. The van der Waals surface area contributed by atoms with Crippen LogP contribution in [0.4, 0.5) is 4.79 Å². The minimum atomic E-state index is -0.987. The second-order valence-electron chi connectivity index (χ2n) is 4.87. The first-order valence-corrected chi connectivity index (χ1v) is 5.92. The van der Waals surface area contributed by atoms with Crippen molar-refractivity contribution in [1.82, 2.24) is 9.80 Å². The Kier molecular flexibility index (Phi) is 3.24. The Morgan fingerprint density at radius 1 is 1.53 bits per heavy atom. The first-order chi connectivity index (χ1) is 8.00. The maximum absolute atomic E-state index is 11.6. The normalized spacial score (nSPS) is 30.1. The molecule has 0 spiro atoms. The minimum absolute atomic E-state index is 0.0338. The summed E-state index contributed by atoms with van der Waals surface area (Å²) in [5.74, 6) is -0.987.